The monoisotopic (exact) mass is 236 g/mol. The van der Waals surface area contributed by atoms with Crippen LogP contribution in [0.3, 0.4) is 0 Å². The van der Waals surface area contributed by atoms with Gasteiger partial charge < -0.3 is 0 Å². The largest absolute Gasteiger partial charge is 0.232 e. The van der Waals surface area contributed by atoms with Gasteiger partial charge >= 0.3 is 0 Å². The summed E-state index contributed by atoms with van der Waals surface area (Å²) >= 11 is 0. The van der Waals surface area contributed by atoms with Crippen LogP contribution in [0.25, 0.3) is 0 Å². The first-order chi connectivity index (χ1) is 6.31. The second kappa shape index (κ2) is 3.11. The molecule has 82 valence electrons. The minimum absolute atomic E-state index is 0.176. The van der Waals surface area contributed by atoms with Gasteiger partial charge in [-0.25, -0.2) is 8.42 Å². The quantitative estimate of drug-likeness (QED) is 0.691. The van der Waals surface area contributed by atoms with E-state index >= 15 is 0 Å². The third-order valence-corrected chi connectivity index (χ3v) is 5.62. The summed E-state index contributed by atoms with van der Waals surface area (Å²) < 4.78 is 22.1. The molecule has 14 heavy (non-hydrogen) atoms. The Morgan fingerprint density at radius 3 is 2.43 bits per heavy atom. The van der Waals surface area contributed by atoms with Gasteiger partial charge in [-0.3, -0.25) is 0 Å². The first kappa shape index (κ1) is 10.7. The first-order valence-electron chi connectivity index (χ1n) is 5.23. The van der Waals surface area contributed by atoms with E-state index in [1.54, 1.807) is 0 Å². The third kappa shape index (κ3) is 1.69. The Kier molecular flexibility index (Phi) is 2.39. The second-order valence-corrected chi connectivity index (χ2v) is 8.23. The van der Waals surface area contributed by atoms with Crippen molar-refractivity contribution in [2.45, 2.75) is 33.1 Å². The van der Waals surface area contributed by atoms with Crippen LogP contribution >= 0.6 is 10.7 Å². The molecule has 2 nitrogen and oxygen atoms in total. The molecule has 0 N–H and O–H groups in total. The minimum atomic E-state index is -3.31. The fourth-order valence-electron chi connectivity index (χ4n) is 3.42. The fourth-order valence-corrected chi connectivity index (χ4v) is 4.81. The molecule has 3 aliphatic carbocycles. The van der Waals surface area contributed by atoms with Crippen LogP contribution in [0.1, 0.15) is 33.1 Å². The van der Waals surface area contributed by atoms with E-state index in [1.165, 1.54) is 12.8 Å². The Labute approximate surface area is 90.4 Å². The van der Waals surface area contributed by atoms with E-state index < -0.39 is 9.05 Å². The number of fused-ring (bicyclic) bond motifs is 2. The van der Waals surface area contributed by atoms with Crippen LogP contribution in [0.2, 0.25) is 0 Å². The molecule has 3 saturated carbocycles. The summed E-state index contributed by atoms with van der Waals surface area (Å²) in [7, 11) is 2.00. The molecule has 3 rings (SSSR count). The summed E-state index contributed by atoms with van der Waals surface area (Å²) in [5.74, 6) is 1.88. The maximum Gasteiger partial charge on any atom is 0.232 e. The van der Waals surface area contributed by atoms with Crippen molar-refractivity contribution in [1.29, 1.82) is 0 Å². The topological polar surface area (TPSA) is 34.1 Å². The zero-order valence-electron chi connectivity index (χ0n) is 8.66. The molecule has 0 spiro atoms. The predicted molar refractivity (Wildman–Crippen MR) is 57.7 cm³/mol. The molecule has 3 fully saturated rings. The van der Waals surface area contributed by atoms with Crippen LogP contribution in [0.5, 0.6) is 0 Å². The summed E-state index contributed by atoms with van der Waals surface area (Å²) in [5.41, 5.74) is 0.352. The molecule has 0 aromatic heterocycles. The Morgan fingerprint density at radius 1 is 1.36 bits per heavy atom. The van der Waals surface area contributed by atoms with Gasteiger partial charge in [-0.2, -0.15) is 0 Å². The van der Waals surface area contributed by atoms with Crippen LogP contribution < -0.4 is 0 Å². The van der Waals surface area contributed by atoms with Crippen molar-refractivity contribution in [3.8, 4) is 0 Å². The summed E-state index contributed by atoms with van der Waals surface area (Å²) in [6, 6.07) is 0. The minimum Gasteiger partial charge on any atom is -0.212 e. The average Bonchev–Trinajstić information content (AvgIpc) is 2.00. The Bertz CT molecular complexity index is 332. The van der Waals surface area contributed by atoms with Crippen molar-refractivity contribution < 1.29 is 8.42 Å². The van der Waals surface area contributed by atoms with Crippen molar-refractivity contribution in [3.63, 3.8) is 0 Å². The van der Waals surface area contributed by atoms with Gasteiger partial charge in [0.1, 0.15) is 0 Å². The van der Waals surface area contributed by atoms with E-state index in [2.05, 4.69) is 13.8 Å². The molecule has 3 aliphatic rings. The molecule has 2 bridgehead atoms. The lowest BCUT2D eigenvalue weighted by Crippen LogP contribution is -2.53. The van der Waals surface area contributed by atoms with Gasteiger partial charge in [-0.15, -0.1) is 0 Å². The number of halogens is 1. The van der Waals surface area contributed by atoms with Crippen LogP contribution in [0.4, 0.5) is 0 Å². The molecular weight excluding hydrogens is 220 g/mol. The molecule has 0 saturated heterocycles. The van der Waals surface area contributed by atoms with Crippen molar-refractivity contribution >= 4 is 19.7 Å². The van der Waals surface area contributed by atoms with E-state index in [0.29, 0.717) is 17.3 Å². The fraction of sp³-hybridized carbons (Fsp3) is 1.00. The Balaban J connectivity index is 2.08. The molecule has 0 radical (unpaired) electrons. The van der Waals surface area contributed by atoms with E-state index in [1.807, 2.05) is 0 Å². The van der Waals surface area contributed by atoms with Crippen LogP contribution in [-0.2, 0) is 9.05 Å². The van der Waals surface area contributed by atoms with Crippen molar-refractivity contribution in [2.75, 3.05) is 5.75 Å². The molecule has 0 heterocycles. The molecule has 0 amide bonds. The molecule has 0 aromatic carbocycles. The summed E-state index contributed by atoms with van der Waals surface area (Å²) in [6.07, 6.45) is 3.44. The normalized spacial score (nSPS) is 40.4. The van der Waals surface area contributed by atoms with E-state index in [0.717, 1.165) is 12.3 Å². The standard InChI is InChI=1S/C10H17ClO2S/c1-10(2)8-4-3-7(9(10)5-8)6-14(11,12)13/h7-9H,3-6H2,1-2H3/t7?,8?,9-/m1/s1. The third-order valence-electron chi connectivity index (χ3n) is 4.41. The maximum absolute atomic E-state index is 11.0. The molecule has 2 unspecified atom stereocenters. The van der Waals surface area contributed by atoms with Crippen molar-refractivity contribution in [2.24, 2.45) is 23.2 Å². The van der Waals surface area contributed by atoms with Gasteiger partial charge in [0.05, 0.1) is 5.75 Å². The highest BCUT2D eigenvalue weighted by Gasteiger charge is 2.54. The highest BCUT2D eigenvalue weighted by molar-refractivity contribution is 8.13. The van der Waals surface area contributed by atoms with Gasteiger partial charge in [-0.1, -0.05) is 13.8 Å². The SMILES string of the molecule is CC1(C)C2CCC(CS(=O)(=O)Cl)[C@H]1C2. The van der Waals surface area contributed by atoms with E-state index in [4.69, 9.17) is 10.7 Å². The van der Waals surface area contributed by atoms with E-state index in [9.17, 15) is 8.42 Å². The molecular formula is C10H17ClO2S. The number of hydrogen-bond donors (Lipinski definition) is 0. The highest BCUT2D eigenvalue weighted by atomic mass is 35.7. The molecule has 0 aliphatic heterocycles. The molecule has 0 aromatic rings. The van der Waals surface area contributed by atoms with Crippen molar-refractivity contribution in [1.82, 2.24) is 0 Å². The van der Waals surface area contributed by atoms with Gasteiger partial charge in [0.25, 0.3) is 0 Å². The van der Waals surface area contributed by atoms with Gasteiger partial charge in [0, 0.05) is 10.7 Å². The molecule has 3 atom stereocenters. The van der Waals surface area contributed by atoms with Gasteiger partial charge in [-0.05, 0) is 42.4 Å². The molecule has 4 heteroatoms. The number of hydrogen-bond acceptors (Lipinski definition) is 2. The zero-order valence-corrected chi connectivity index (χ0v) is 10.2. The lowest BCUT2D eigenvalue weighted by molar-refractivity contribution is -0.0976. The van der Waals surface area contributed by atoms with Crippen molar-refractivity contribution in [3.05, 3.63) is 0 Å². The lowest BCUT2D eigenvalue weighted by Gasteiger charge is -2.60. The summed E-state index contributed by atoms with van der Waals surface area (Å²) in [6.45, 7) is 4.53. The lowest BCUT2D eigenvalue weighted by atomic mass is 9.46. The Hall–Kier alpha value is 0.240. The van der Waals surface area contributed by atoms with Gasteiger partial charge in [0.15, 0.2) is 0 Å². The Morgan fingerprint density at radius 2 is 2.00 bits per heavy atom. The smallest absolute Gasteiger partial charge is 0.212 e. The maximum atomic E-state index is 11.0. The van der Waals surface area contributed by atoms with Crippen LogP contribution in [0, 0.1) is 23.2 Å². The highest BCUT2D eigenvalue weighted by Crippen LogP contribution is 2.61. The van der Waals surface area contributed by atoms with Crippen LogP contribution in [0.15, 0.2) is 0 Å². The zero-order chi connectivity index (χ0) is 10.6. The second-order valence-electron chi connectivity index (χ2n) is 5.40. The first-order valence-corrected chi connectivity index (χ1v) is 7.71. The predicted octanol–water partition coefficient (Wildman–Crippen LogP) is 2.63. The average molecular weight is 237 g/mol. The number of rotatable bonds is 2. The van der Waals surface area contributed by atoms with Gasteiger partial charge in [0.2, 0.25) is 9.05 Å². The van der Waals surface area contributed by atoms with Crippen LogP contribution in [-0.4, -0.2) is 14.2 Å². The summed E-state index contributed by atoms with van der Waals surface area (Å²) in [4.78, 5) is 0. The van der Waals surface area contributed by atoms with E-state index in [-0.39, 0.29) is 5.75 Å². The summed E-state index contributed by atoms with van der Waals surface area (Å²) in [5, 5.41) is 0.